The maximum absolute atomic E-state index is 13.0. The van der Waals surface area contributed by atoms with Gasteiger partial charge in [0.2, 0.25) is 0 Å². The maximum atomic E-state index is 13.0. The lowest BCUT2D eigenvalue weighted by molar-refractivity contribution is 0.0698. The Balaban J connectivity index is 2.09. The van der Waals surface area contributed by atoms with Crippen LogP contribution in [0, 0.1) is 5.82 Å². The summed E-state index contributed by atoms with van der Waals surface area (Å²) in [5, 5.41) is 10.7. The summed E-state index contributed by atoms with van der Waals surface area (Å²) in [5.74, 6) is -1.82. The normalized spacial score (nSPS) is 11.4. The molecule has 0 aliphatic rings. The number of hydrogen-bond donors (Lipinski definition) is 2. The van der Waals surface area contributed by atoms with Crippen molar-refractivity contribution in [1.82, 2.24) is 0 Å². The van der Waals surface area contributed by atoms with Gasteiger partial charge >= 0.3 is 5.97 Å². The second-order valence-electron chi connectivity index (χ2n) is 5.11. The number of aromatic carboxylic acids is 1. The Morgan fingerprint density at radius 3 is 2.12 bits per heavy atom. The third kappa shape index (κ3) is 3.07. The van der Waals surface area contributed by atoms with Crippen molar-refractivity contribution in [2.24, 2.45) is 0 Å². The summed E-state index contributed by atoms with van der Waals surface area (Å²) in [5.41, 5.74) is -0.218. The molecule has 0 aliphatic heterocycles. The van der Waals surface area contributed by atoms with Crippen molar-refractivity contribution in [2.75, 3.05) is 4.72 Å². The molecule has 0 fully saturated rings. The standard InChI is InChI=1S/C17H12FNO4S/c18-13-5-7-14(8-6-13)24(22,23)19-16-10-12-4-2-1-3-11(12)9-15(16)17(20)21/h1-10,19H,(H,20,21). The van der Waals surface area contributed by atoms with Gasteiger partial charge in [-0.3, -0.25) is 4.72 Å². The average Bonchev–Trinajstić information content (AvgIpc) is 2.54. The van der Waals surface area contributed by atoms with Gasteiger partial charge in [-0.15, -0.1) is 0 Å². The monoisotopic (exact) mass is 345 g/mol. The van der Waals surface area contributed by atoms with Gasteiger partial charge in [0.15, 0.2) is 0 Å². The van der Waals surface area contributed by atoms with Crippen molar-refractivity contribution in [2.45, 2.75) is 4.90 Å². The molecule has 2 N–H and O–H groups in total. The molecule has 0 atom stereocenters. The molecule has 0 aliphatic carbocycles. The highest BCUT2D eigenvalue weighted by atomic mass is 32.2. The first-order valence-corrected chi connectivity index (χ1v) is 8.39. The summed E-state index contributed by atoms with van der Waals surface area (Å²) in [4.78, 5) is 11.3. The minimum Gasteiger partial charge on any atom is -0.478 e. The molecule has 0 aromatic heterocycles. The van der Waals surface area contributed by atoms with E-state index in [2.05, 4.69) is 4.72 Å². The van der Waals surface area contributed by atoms with Gasteiger partial charge < -0.3 is 5.11 Å². The molecular formula is C17H12FNO4S. The highest BCUT2D eigenvalue weighted by molar-refractivity contribution is 7.92. The van der Waals surface area contributed by atoms with Crippen LogP contribution in [0.4, 0.5) is 10.1 Å². The molecule has 0 saturated carbocycles. The van der Waals surface area contributed by atoms with Crippen LogP contribution in [0.2, 0.25) is 0 Å². The summed E-state index contributed by atoms with van der Waals surface area (Å²) in [7, 11) is -4.03. The number of hydrogen-bond acceptors (Lipinski definition) is 3. The van der Waals surface area contributed by atoms with Crippen LogP contribution in [0.5, 0.6) is 0 Å². The summed E-state index contributed by atoms with van der Waals surface area (Å²) in [6.45, 7) is 0. The number of carboxylic acid groups (broad SMARTS) is 1. The summed E-state index contributed by atoms with van der Waals surface area (Å²) >= 11 is 0. The highest BCUT2D eigenvalue weighted by Gasteiger charge is 2.19. The average molecular weight is 345 g/mol. The Bertz CT molecular complexity index is 1030. The van der Waals surface area contributed by atoms with E-state index in [-0.39, 0.29) is 16.1 Å². The molecule has 122 valence electrons. The van der Waals surface area contributed by atoms with E-state index in [4.69, 9.17) is 0 Å². The van der Waals surface area contributed by atoms with Crippen molar-refractivity contribution >= 4 is 32.5 Å². The molecule has 3 aromatic carbocycles. The number of carbonyl (C=O) groups is 1. The Labute approximate surface area is 137 Å². The minimum atomic E-state index is -4.03. The molecule has 0 saturated heterocycles. The molecule has 0 radical (unpaired) electrons. The quantitative estimate of drug-likeness (QED) is 0.758. The van der Waals surface area contributed by atoms with Crippen molar-refractivity contribution < 1.29 is 22.7 Å². The van der Waals surface area contributed by atoms with Crippen LogP contribution in [0.3, 0.4) is 0 Å². The van der Waals surface area contributed by atoms with Crippen LogP contribution >= 0.6 is 0 Å². The Morgan fingerprint density at radius 1 is 0.958 bits per heavy atom. The zero-order valence-corrected chi connectivity index (χ0v) is 13.0. The lowest BCUT2D eigenvalue weighted by atomic mass is 10.1. The molecule has 3 aromatic rings. The molecule has 0 bridgehead atoms. The molecule has 7 heteroatoms. The SMILES string of the molecule is O=C(O)c1cc2ccccc2cc1NS(=O)(=O)c1ccc(F)cc1. The first-order valence-electron chi connectivity index (χ1n) is 6.91. The number of halogens is 1. The zero-order chi connectivity index (χ0) is 17.3. The molecular weight excluding hydrogens is 333 g/mol. The number of fused-ring (bicyclic) bond motifs is 1. The van der Waals surface area contributed by atoms with Crippen molar-refractivity contribution in [3.63, 3.8) is 0 Å². The molecule has 0 unspecified atom stereocenters. The van der Waals surface area contributed by atoms with Gasteiger partial charge in [0, 0.05) is 0 Å². The van der Waals surface area contributed by atoms with E-state index in [1.807, 2.05) is 0 Å². The summed E-state index contributed by atoms with van der Waals surface area (Å²) < 4.78 is 40.0. The van der Waals surface area contributed by atoms with E-state index >= 15 is 0 Å². The lowest BCUT2D eigenvalue weighted by Gasteiger charge is -2.12. The molecule has 0 amide bonds. The van der Waals surface area contributed by atoms with E-state index in [1.54, 1.807) is 24.3 Å². The van der Waals surface area contributed by atoms with Gasteiger partial charge in [-0.25, -0.2) is 17.6 Å². The second kappa shape index (κ2) is 5.93. The third-order valence-corrected chi connectivity index (χ3v) is 4.87. The van der Waals surface area contributed by atoms with E-state index in [9.17, 15) is 22.7 Å². The second-order valence-corrected chi connectivity index (χ2v) is 6.79. The van der Waals surface area contributed by atoms with Gasteiger partial charge in [-0.05, 0) is 47.2 Å². The van der Waals surface area contributed by atoms with Crippen LogP contribution in [0.25, 0.3) is 10.8 Å². The fraction of sp³-hybridized carbons (Fsp3) is 0. The summed E-state index contributed by atoms with van der Waals surface area (Å²) in [6.07, 6.45) is 0. The molecule has 24 heavy (non-hydrogen) atoms. The topological polar surface area (TPSA) is 83.5 Å². The van der Waals surface area contributed by atoms with Crippen LogP contribution in [0.15, 0.2) is 65.6 Å². The van der Waals surface area contributed by atoms with E-state index in [0.717, 1.165) is 24.3 Å². The number of nitrogens with one attached hydrogen (secondary N) is 1. The molecule has 0 heterocycles. The van der Waals surface area contributed by atoms with E-state index < -0.39 is 21.8 Å². The molecule has 5 nitrogen and oxygen atoms in total. The van der Waals surface area contributed by atoms with Gasteiger partial charge in [0.1, 0.15) is 5.82 Å². The van der Waals surface area contributed by atoms with Crippen molar-refractivity contribution in [3.8, 4) is 0 Å². The fourth-order valence-corrected chi connectivity index (χ4v) is 3.39. The van der Waals surface area contributed by atoms with Crippen molar-refractivity contribution in [1.29, 1.82) is 0 Å². The Morgan fingerprint density at radius 2 is 1.54 bits per heavy atom. The third-order valence-electron chi connectivity index (χ3n) is 3.48. The smallest absolute Gasteiger partial charge is 0.337 e. The van der Waals surface area contributed by atoms with Crippen LogP contribution in [0.1, 0.15) is 10.4 Å². The predicted octanol–water partition coefficient (Wildman–Crippen LogP) is 3.48. The van der Waals surface area contributed by atoms with Crippen LogP contribution in [-0.2, 0) is 10.0 Å². The lowest BCUT2D eigenvalue weighted by Crippen LogP contribution is -2.15. The van der Waals surface area contributed by atoms with Crippen LogP contribution < -0.4 is 4.72 Å². The number of carboxylic acids is 1. The van der Waals surface area contributed by atoms with Gasteiger partial charge in [0.25, 0.3) is 10.0 Å². The number of benzene rings is 3. The maximum Gasteiger partial charge on any atom is 0.337 e. The highest BCUT2D eigenvalue weighted by Crippen LogP contribution is 2.26. The van der Waals surface area contributed by atoms with Gasteiger partial charge in [-0.2, -0.15) is 0 Å². The van der Waals surface area contributed by atoms with E-state index in [1.165, 1.54) is 12.1 Å². The largest absolute Gasteiger partial charge is 0.478 e. The number of rotatable bonds is 4. The van der Waals surface area contributed by atoms with Crippen LogP contribution in [-0.4, -0.2) is 19.5 Å². The predicted molar refractivity (Wildman–Crippen MR) is 88.1 cm³/mol. The molecule has 3 rings (SSSR count). The van der Waals surface area contributed by atoms with Gasteiger partial charge in [0.05, 0.1) is 16.1 Å². The fourth-order valence-electron chi connectivity index (χ4n) is 2.32. The Hall–Kier alpha value is -2.93. The summed E-state index contributed by atoms with van der Waals surface area (Å²) in [6, 6.07) is 14.1. The van der Waals surface area contributed by atoms with Gasteiger partial charge in [-0.1, -0.05) is 24.3 Å². The number of anilines is 1. The first-order chi connectivity index (χ1) is 11.4. The first kappa shape index (κ1) is 15.9. The number of sulfonamides is 1. The molecule has 0 spiro atoms. The Kier molecular flexibility index (Phi) is 3.94. The van der Waals surface area contributed by atoms with Crippen molar-refractivity contribution in [3.05, 3.63) is 72.0 Å². The zero-order valence-electron chi connectivity index (χ0n) is 12.2. The van der Waals surface area contributed by atoms with E-state index in [0.29, 0.717) is 10.8 Å². The minimum absolute atomic E-state index is 0.0504.